The topological polar surface area (TPSA) is 70.0 Å². The monoisotopic (exact) mass is 1350 g/mol. The summed E-state index contributed by atoms with van der Waals surface area (Å²) in [6.45, 7) is 0. The first kappa shape index (κ1) is 60.8. The van der Waals surface area contributed by atoms with E-state index < -0.39 is 10.8 Å². The lowest BCUT2D eigenvalue weighted by atomic mass is 9.65. The van der Waals surface area contributed by atoms with Crippen LogP contribution >= 0.6 is 0 Å². The number of hydrogen-bond acceptors (Lipinski definition) is 6. The molecule has 0 saturated carbocycles. The van der Waals surface area contributed by atoms with Crippen molar-refractivity contribution in [1.82, 2.24) is 19.9 Å². The number of ether oxygens (including phenoxy) is 2. The van der Waals surface area contributed by atoms with Gasteiger partial charge in [-0.3, -0.25) is 0 Å². The van der Waals surface area contributed by atoms with Crippen LogP contribution in [0.3, 0.4) is 0 Å². The Kier molecular flexibility index (Phi) is 14.0. The molecule has 0 N–H and O–H groups in total. The molecule has 2 spiro atoms. The van der Waals surface area contributed by atoms with E-state index in [1.165, 1.54) is 44.5 Å². The minimum absolute atomic E-state index is 0.630. The van der Waals surface area contributed by atoms with Gasteiger partial charge in [0.05, 0.1) is 33.6 Å². The number of fused-ring (bicyclic) bond motifs is 18. The maximum Gasteiger partial charge on any atom is 0.160 e. The zero-order valence-corrected chi connectivity index (χ0v) is 57.4. The smallest absolute Gasteiger partial charge is 0.160 e. The van der Waals surface area contributed by atoms with Gasteiger partial charge in [-0.05, 0) is 162 Å². The van der Waals surface area contributed by atoms with Crippen LogP contribution in [-0.2, 0) is 10.8 Å². The Morgan fingerprint density at radius 1 is 0.160 bits per heavy atom. The van der Waals surface area contributed by atoms with Crippen LogP contribution in [0.2, 0.25) is 0 Å². The first-order valence-electron chi connectivity index (χ1n) is 36.1. The van der Waals surface area contributed by atoms with E-state index in [2.05, 4.69) is 358 Å². The van der Waals surface area contributed by atoms with Crippen molar-refractivity contribution in [1.29, 1.82) is 0 Å². The Balaban J connectivity index is 0.648. The summed E-state index contributed by atoms with van der Waals surface area (Å²) in [7, 11) is 0. The van der Waals surface area contributed by atoms with Crippen molar-refractivity contribution in [3.63, 3.8) is 0 Å². The normalized spacial score (nSPS) is 13.2. The summed E-state index contributed by atoms with van der Waals surface area (Å²) in [4.78, 5) is 21.5. The molecule has 0 saturated heterocycles. The van der Waals surface area contributed by atoms with Gasteiger partial charge in [0.1, 0.15) is 23.0 Å². The molecular weight excluding hydrogens is 1290 g/mol. The molecule has 0 amide bonds. The first-order valence-corrected chi connectivity index (χ1v) is 36.1. The van der Waals surface area contributed by atoms with E-state index in [0.717, 1.165) is 146 Å². The zero-order valence-electron chi connectivity index (χ0n) is 57.4. The maximum atomic E-state index is 7.29. The van der Waals surface area contributed by atoms with Crippen molar-refractivity contribution < 1.29 is 9.47 Å². The third kappa shape index (κ3) is 9.65. The Morgan fingerprint density at radius 3 is 0.943 bits per heavy atom. The molecule has 0 unspecified atom stereocenters. The predicted molar refractivity (Wildman–Crippen MR) is 427 cm³/mol. The predicted octanol–water partition coefficient (Wildman–Crippen LogP) is 24.9. The molecule has 4 aliphatic rings. The summed E-state index contributed by atoms with van der Waals surface area (Å²) in [6.07, 6.45) is 0. The average Bonchev–Trinajstić information content (AvgIpc) is 1.48. The van der Waals surface area contributed by atoms with Gasteiger partial charge in [0, 0.05) is 55.6 Å². The van der Waals surface area contributed by atoms with Crippen molar-refractivity contribution >= 4 is 0 Å². The second kappa shape index (κ2) is 24.4. The Morgan fingerprint density at radius 2 is 0.443 bits per heavy atom. The van der Waals surface area contributed by atoms with Crippen LogP contribution in [-0.4, -0.2) is 19.9 Å². The van der Waals surface area contributed by atoms with Crippen LogP contribution in [0.4, 0.5) is 0 Å². The highest BCUT2D eigenvalue weighted by atomic mass is 16.5. The Bertz CT molecular complexity index is 6300. The van der Waals surface area contributed by atoms with Gasteiger partial charge in [-0.2, -0.15) is 0 Å². The minimum Gasteiger partial charge on any atom is -0.457 e. The number of nitrogens with zero attached hydrogens (tertiary/aromatic N) is 4. The molecule has 17 aromatic rings. The lowest BCUT2D eigenvalue weighted by Crippen LogP contribution is -2.32. The van der Waals surface area contributed by atoms with E-state index in [4.69, 9.17) is 29.4 Å². The molecule has 2 aliphatic heterocycles. The van der Waals surface area contributed by atoms with Crippen LogP contribution in [0.1, 0.15) is 44.5 Å². The first-order chi connectivity index (χ1) is 52.5. The second-order valence-corrected chi connectivity index (χ2v) is 27.9. The Hall–Kier alpha value is -13.9. The molecule has 0 fully saturated rings. The standard InChI is InChI=1S/C100H62N4O2/c1-4-22-63(23-5-1)65-44-48-69(49-45-65)98-101-89(61-91(104-98)75-51-54-94-87(58-75)99(85-40-18-19-41-93(85)105-94)81-36-14-10-32-77(81)78-33-11-15-37-82(78)99)67-46-42-66(43-47-67)70-28-20-30-72(56-70)73-50-53-86-96(60-73)106-95-55-52-76(59-88(95)100(86)83-38-16-12-34-79(83)80-35-13-17-39-84(80)100)92-62-90(102-97(103-92)68-26-8-3-9-27-68)74-31-21-29-71(57-74)64-24-6-2-7-25-64/h1-62H. The van der Waals surface area contributed by atoms with Crippen molar-refractivity contribution in [2.45, 2.75) is 10.8 Å². The summed E-state index contributed by atoms with van der Waals surface area (Å²) in [6, 6.07) is 135. The van der Waals surface area contributed by atoms with Crippen LogP contribution in [0, 0.1) is 0 Å². The molecule has 2 aliphatic carbocycles. The third-order valence-corrected chi connectivity index (χ3v) is 22.1. The number of hydrogen-bond donors (Lipinski definition) is 0. The molecule has 6 heteroatoms. The lowest BCUT2D eigenvalue weighted by molar-refractivity contribution is 0.436. The summed E-state index contributed by atoms with van der Waals surface area (Å²) < 4.78 is 14.2. The molecule has 0 radical (unpaired) electrons. The van der Waals surface area contributed by atoms with Gasteiger partial charge < -0.3 is 9.47 Å². The molecule has 4 heterocycles. The van der Waals surface area contributed by atoms with Crippen molar-refractivity contribution in [3.8, 4) is 158 Å². The highest BCUT2D eigenvalue weighted by molar-refractivity contribution is 5.92. The SMILES string of the molecule is c1ccc(-c2ccc(-c3nc(-c4ccc(-c5cccc(-c6ccc7c(c6)Oc6ccc(-c8cc(-c9cccc(-c%10ccccc%10)c9)nc(-c9ccccc9)n8)cc6C76c7ccccc7-c7ccccc76)c5)cc4)cc(-c4ccc5c(c4)C4(c6ccccc6O5)c5ccccc5-c5ccccc54)n3)cc2)cc1. The van der Waals surface area contributed by atoms with Crippen molar-refractivity contribution in [2.24, 2.45) is 0 Å². The van der Waals surface area contributed by atoms with Crippen LogP contribution < -0.4 is 9.47 Å². The van der Waals surface area contributed by atoms with Crippen LogP contribution in [0.25, 0.3) is 135 Å². The molecule has 0 atom stereocenters. The fourth-order valence-corrected chi connectivity index (χ4v) is 17.2. The molecule has 6 nitrogen and oxygen atoms in total. The van der Waals surface area contributed by atoms with Crippen molar-refractivity contribution in [3.05, 3.63) is 421 Å². The number of rotatable bonds is 10. The van der Waals surface area contributed by atoms with Crippen LogP contribution in [0.5, 0.6) is 23.0 Å². The van der Waals surface area contributed by atoms with E-state index in [1.807, 2.05) is 18.2 Å². The maximum absolute atomic E-state index is 7.29. The molecule has 2 aromatic heterocycles. The largest absolute Gasteiger partial charge is 0.457 e. The van der Waals surface area contributed by atoms with Gasteiger partial charge in [-0.1, -0.05) is 303 Å². The Labute approximate surface area is 614 Å². The summed E-state index contributed by atoms with van der Waals surface area (Å²) in [5.74, 6) is 4.59. The van der Waals surface area contributed by atoms with E-state index >= 15 is 0 Å². The number of aromatic nitrogens is 4. The fraction of sp³-hybridized carbons (Fsp3) is 0.0200. The minimum atomic E-state index is -0.727. The van der Waals surface area contributed by atoms with E-state index in [1.54, 1.807) is 0 Å². The van der Waals surface area contributed by atoms with E-state index in [9.17, 15) is 0 Å². The zero-order chi connectivity index (χ0) is 69.9. The molecular formula is C100H62N4O2. The van der Waals surface area contributed by atoms with E-state index in [-0.39, 0.29) is 0 Å². The van der Waals surface area contributed by atoms with E-state index in [0.29, 0.717) is 11.6 Å². The summed E-state index contributed by atoms with van der Waals surface area (Å²) >= 11 is 0. The van der Waals surface area contributed by atoms with Crippen molar-refractivity contribution in [2.75, 3.05) is 0 Å². The summed E-state index contributed by atoms with van der Waals surface area (Å²) in [5, 5.41) is 0. The van der Waals surface area contributed by atoms with Gasteiger partial charge in [-0.25, -0.2) is 19.9 Å². The summed E-state index contributed by atoms with van der Waals surface area (Å²) in [5.41, 5.74) is 30.7. The fourth-order valence-electron chi connectivity index (χ4n) is 17.2. The van der Waals surface area contributed by atoms with Gasteiger partial charge in [-0.15, -0.1) is 0 Å². The average molecular weight is 1350 g/mol. The lowest BCUT2D eigenvalue weighted by Gasteiger charge is -2.39. The molecule has 21 rings (SSSR count). The molecule has 494 valence electrons. The molecule has 0 bridgehead atoms. The third-order valence-electron chi connectivity index (χ3n) is 22.1. The van der Waals surface area contributed by atoms with Gasteiger partial charge >= 0.3 is 0 Å². The highest BCUT2D eigenvalue weighted by Gasteiger charge is 2.53. The highest BCUT2D eigenvalue weighted by Crippen LogP contribution is 2.65. The molecule has 106 heavy (non-hydrogen) atoms. The van der Waals surface area contributed by atoms with Gasteiger partial charge in [0.2, 0.25) is 0 Å². The molecule has 15 aromatic carbocycles. The number of benzene rings is 15. The van der Waals surface area contributed by atoms with Gasteiger partial charge in [0.25, 0.3) is 0 Å². The second-order valence-electron chi connectivity index (χ2n) is 27.9. The quantitative estimate of drug-likeness (QED) is 0.136. The van der Waals surface area contributed by atoms with Gasteiger partial charge in [0.15, 0.2) is 11.6 Å². The number of para-hydroxylation sites is 1. The van der Waals surface area contributed by atoms with Crippen LogP contribution in [0.15, 0.2) is 376 Å².